The van der Waals surface area contributed by atoms with Crippen LogP contribution in [-0.4, -0.2) is 16.8 Å². The Morgan fingerprint density at radius 1 is 1.83 bits per heavy atom. The van der Waals surface area contributed by atoms with E-state index in [1.54, 1.807) is 13.0 Å². The summed E-state index contributed by atoms with van der Waals surface area (Å²) in [6.45, 7) is 5.23. The number of halogens is 1. The van der Waals surface area contributed by atoms with E-state index in [9.17, 15) is 0 Å². The first-order valence-electron chi connectivity index (χ1n) is 3.04. The number of hydrogen-bond donors (Lipinski definition) is 3. The summed E-state index contributed by atoms with van der Waals surface area (Å²) in [6.07, 6.45) is 1.73. The molecule has 0 amide bonds. The second-order valence-electron chi connectivity index (χ2n) is 1.77. The normalized spacial score (nSPS) is 9.92. The van der Waals surface area contributed by atoms with E-state index >= 15 is 0 Å². The molecule has 0 spiro atoms. The van der Waals surface area contributed by atoms with Crippen molar-refractivity contribution in [3.05, 3.63) is 12.7 Å². The molecule has 0 aromatic carbocycles. The highest BCUT2D eigenvalue weighted by molar-refractivity contribution is 8.13. The lowest BCUT2D eigenvalue weighted by Gasteiger charge is -2.02. The second kappa shape index (κ2) is 8.42. The van der Waals surface area contributed by atoms with Crippen molar-refractivity contribution in [1.82, 2.24) is 5.32 Å². The van der Waals surface area contributed by atoms with Crippen molar-refractivity contribution < 1.29 is 0 Å². The van der Waals surface area contributed by atoms with Crippen molar-refractivity contribution >= 4 is 35.2 Å². The fourth-order valence-electron chi connectivity index (χ4n) is 0.375. The average molecular weight is 209 g/mol. The molecule has 0 saturated carbocycles. The molecule has 70 valence electrons. The molecule has 0 fully saturated rings. The first-order chi connectivity index (χ1) is 5.20. The number of rotatable bonds is 2. The summed E-state index contributed by atoms with van der Waals surface area (Å²) in [6, 6.07) is 0. The molecule has 4 nitrogen and oxygen atoms in total. The van der Waals surface area contributed by atoms with Crippen LogP contribution < -0.4 is 11.2 Å². The third-order valence-corrected chi connectivity index (χ3v) is 1.63. The van der Waals surface area contributed by atoms with Crippen LogP contribution in [0, 0.1) is 5.41 Å². The lowest BCUT2D eigenvalue weighted by molar-refractivity contribution is 1.18. The van der Waals surface area contributed by atoms with E-state index in [0.29, 0.717) is 16.8 Å². The first kappa shape index (κ1) is 13.9. The summed E-state index contributed by atoms with van der Waals surface area (Å²) >= 11 is 1.34. The number of nitrogens with zero attached hydrogens (tertiary/aromatic N) is 1. The molecular formula is C6H13ClN4S. The summed E-state index contributed by atoms with van der Waals surface area (Å²) in [5.74, 6) is 6.19. The number of hydrazone groups is 1. The number of nitrogens with one attached hydrogen (secondary N) is 2. The minimum atomic E-state index is 0. The SMILES string of the molecule is C=CCSC(=N)N/C(C)=N/N.Cl. The van der Waals surface area contributed by atoms with Crippen molar-refractivity contribution in [2.45, 2.75) is 6.92 Å². The third kappa shape index (κ3) is 7.43. The molecule has 0 radical (unpaired) electrons. The average Bonchev–Trinajstić information content (AvgIpc) is 2.00. The Morgan fingerprint density at radius 2 is 2.42 bits per heavy atom. The fourth-order valence-corrected chi connectivity index (χ4v) is 0.879. The Bertz CT molecular complexity index is 180. The van der Waals surface area contributed by atoms with Crippen LogP contribution in [0.4, 0.5) is 0 Å². The first-order valence-corrected chi connectivity index (χ1v) is 4.03. The Balaban J connectivity index is 0. The molecule has 0 aliphatic rings. The molecule has 0 unspecified atom stereocenters. The summed E-state index contributed by atoms with van der Waals surface area (Å²) in [4.78, 5) is 0. The van der Waals surface area contributed by atoms with Gasteiger partial charge in [-0.25, -0.2) is 0 Å². The molecule has 4 N–H and O–H groups in total. The van der Waals surface area contributed by atoms with Gasteiger partial charge >= 0.3 is 0 Å². The minimum absolute atomic E-state index is 0. The highest BCUT2D eigenvalue weighted by Crippen LogP contribution is 1.98. The molecule has 12 heavy (non-hydrogen) atoms. The van der Waals surface area contributed by atoms with Crippen molar-refractivity contribution in [2.24, 2.45) is 10.9 Å². The lowest BCUT2D eigenvalue weighted by Crippen LogP contribution is -2.26. The molecule has 0 bridgehead atoms. The van der Waals surface area contributed by atoms with Gasteiger partial charge in [-0.15, -0.1) is 19.0 Å². The molecule has 0 saturated heterocycles. The van der Waals surface area contributed by atoms with Gasteiger partial charge in [0.25, 0.3) is 0 Å². The monoisotopic (exact) mass is 208 g/mol. The molecule has 6 heteroatoms. The van der Waals surface area contributed by atoms with Gasteiger partial charge in [-0.2, -0.15) is 5.10 Å². The molecule has 0 heterocycles. The zero-order chi connectivity index (χ0) is 8.69. The van der Waals surface area contributed by atoms with Crippen LogP contribution in [0.25, 0.3) is 0 Å². The quantitative estimate of drug-likeness (QED) is 0.210. The van der Waals surface area contributed by atoms with E-state index in [1.807, 2.05) is 0 Å². The Morgan fingerprint density at radius 3 is 2.83 bits per heavy atom. The van der Waals surface area contributed by atoms with Crippen LogP contribution in [0.1, 0.15) is 6.92 Å². The summed E-state index contributed by atoms with van der Waals surface area (Å²) in [5, 5.41) is 13.7. The van der Waals surface area contributed by atoms with Crippen LogP contribution in [0.15, 0.2) is 17.8 Å². The van der Waals surface area contributed by atoms with Gasteiger partial charge < -0.3 is 11.2 Å². The highest BCUT2D eigenvalue weighted by Gasteiger charge is 1.95. The Labute approximate surface area is 82.6 Å². The smallest absolute Gasteiger partial charge is 0.159 e. The maximum atomic E-state index is 7.29. The predicted octanol–water partition coefficient (Wildman–Crippen LogP) is 1.14. The van der Waals surface area contributed by atoms with Gasteiger partial charge in [0, 0.05) is 5.75 Å². The van der Waals surface area contributed by atoms with Crippen molar-refractivity contribution in [1.29, 1.82) is 5.41 Å². The van der Waals surface area contributed by atoms with E-state index in [-0.39, 0.29) is 12.4 Å². The van der Waals surface area contributed by atoms with Crippen LogP contribution in [0.3, 0.4) is 0 Å². The summed E-state index contributed by atoms with van der Waals surface area (Å²) in [7, 11) is 0. The topological polar surface area (TPSA) is 74.3 Å². The maximum Gasteiger partial charge on any atom is 0.159 e. The van der Waals surface area contributed by atoms with Gasteiger partial charge in [-0.1, -0.05) is 17.8 Å². The van der Waals surface area contributed by atoms with Crippen LogP contribution in [0.2, 0.25) is 0 Å². The number of nitrogens with two attached hydrogens (primary N) is 1. The number of amidine groups is 2. The zero-order valence-corrected chi connectivity index (χ0v) is 8.47. The van der Waals surface area contributed by atoms with Gasteiger partial charge in [0.15, 0.2) is 5.17 Å². The van der Waals surface area contributed by atoms with Crippen LogP contribution in [-0.2, 0) is 0 Å². The van der Waals surface area contributed by atoms with Crippen molar-refractivity contribution in [3.8, 4) is 0 Å². The molecule has 0 atom stereocenters. The molecule has 0 aliphatic heterocycles. The zero-order valence-electron chi connectivity index (χ0n) is 6.83. The van der Waals surface area contributed by atoms with Crippen molar-refractivity contribution in [3.63, 3.8) is 0 Å². The largest absolute Gasteiger partial charge is 0.322 e. The van der Waals surface area contributed by atoms with Crippen LogP contribution >= 0.6 is 24.2 Å². The predicted molar refractivity (Wildman–Crippen MR) is 58.1 cm³/mol. The standard InChI is InChI=1S/C6H12N4S.ClH/c1-3-4-11-6(7)9-5(2)10-8;/h3H,1,4,8H2,2H3,(H2,7,9,10);1H. The van der Waals surface area contributed by atoms with Gasteiger partial charge in [-0.05, 0) is 6.92 Å². The van der Waals surface area contributed by atoms with Gasteiger partial charge in [0.1, 0.15) is 5.84 Å². The number of hydrogen-bond acceptors (Lipinski definition) is 4. The lowest BCUT2D eigenvalue weighted by atomic mass is 10.7. The highest BCUT2D eigenvalue weighted by atomic mass is 35.5. The number of thioether (sulfide) groups is 1. The maximum absolute atomic E-state index is 7.29. The van der Waals surface area contributed by atoms with Gasteiger partial charge in [0.2, 0.25) is 0 Å². The summed E-state index contributed by atoms with van der Waals surface area (Å²) < 4.78 is 0. The van der Waals surface area contributed by atoms with E-state index in [0.717, 1.165) is 0 Å². The Hall–Kier alpha value is -0.680. The molecular weight excluding hydrogens is 196 g/mol. The van der Waals surface area contributed by atoms with Gasteiger partial charge in [-0.3, -0.25) is 5.41 Å². The van der Waals surface area contributed by atoms with E-state index in [2.05, 4.69) is 17.0 Å². The van der Waals surface area contributed by atoms with E-state index < -0.39 is 0 Å². The van der Waals surface area contributed by atoms with Gasteiger partial charge in [0.05, 0.1) is 0 Å². The molecule has 0 aromatic heterocycles. The van der Waals surface area contributed by atoms with E-state index in [1.165, 1.54) is 11.8 Å². The minimum Gasteiger partial charge on any atom is -0.322 e. The van der Waals surface area contributed by atoms with Crippen LogP contribution in [0.5, 0.6) is 0 Å². The second-order valence-corrected chi connectivity index (χ2v) is 2.80. The third-order valence-electron chi connectivity index (χ3n) is 0.834. The van der Waals surface area contributed by atoms with Crippen molar-refractivity contribution in [2.75, 3.05) is 5.75 Å². The fraction of sp³-hybridized carbons (Fsp3) is 0.333. The molecule has 0 aliphatic carbocycles. The Kier molecular flexibility index (Phi) is 9.74. The molecule has 0 rings (SSSR count). The summed E-state index contributed by atoms with van der Waals surface area (Å²) in [5.41, 5.74) is 0. The molecule has 0 aromatic rings. The van der Waals surface area contributed by atoms with E-state index in [4.69, 9.17) is 11.3 Å².